The van der Waals surface area contributed by atoms with Gasteiger partial charge in [-0.3, -0.25) is 0 Å². The first-order chi connectivity index (χ1) is 30.4. The molecule has 0 aromatic heterocycles. The molecule has 11 rings (SSSR count). The van der Waals surface area contributed by atoms with E-state index in [-0.39, 0.29) is 101 Å². The van der Waals surface area contributed by atoms with Crippen LogP contribution in [0.15, 0.2) is 91.0 Å². The number of hydrogen-bond donors (Lipinski definition) is 0. The first-order valence-electron chi connectivity index (χ1n) is 18.7. The van der Waals surface area contributed by atoms with Crippen LogP contribution >= 0.6 is 147 Å². The van der Waals surface area contributed by atoms with Gasteiger partial charge >= 0.3 is 268 Å². The zero-order valence-electron chi connectivity index (χ0n) is 31.9. The van der Waals surface area contributed by atoms with Crippen LogP contribution in [0.3, 0.4) is 0 Å². The molecule has 1 spiro atoms. The molecule has 0 fully saturated rings. The Balaban J connectivity index is 0.000000159. The van der Waals surface area contributed by atoms with Crippen molar-refractivity contribution in [3.8, 4) is 45.6 Å². The zero-order chi connectivity index (χ0) is 45.3. The third-order valence-electron chi connectivity index (χ3n) is 10.9. The molecule has 0 unspecified atom stereocenters. The summed E-state index contributed by atoms with van der Waals surface area (Å²) in [5.74, 6) is -2.13. The van der Waals surface area contributed by atoms with E-state index in [9.17, 15) is 0 Å². The van der Waals surface area contributed by atoms with Crippen LogP contribution in [-0.4, -0.2) is 10.8 Å². The van der Waals surface area contributed by atoms with Gasteiger partial charge in [-0.1, -0.05) is 84.9 Å². The molecule has 328 valence electrons. The van der Waals surface area contributed by atoms with Gasteiger partial charge in [0.15, 0.2) is 18.8 Å². The third-order valence-corrected chi connectivity index (χ3v) is 19.5. The van der Waals surface area contributed by atoms with Crippen molar-refractivity contribution in [1.82, 2.24) is 0 Å². The molecule has 64 heavy (non-hydrogen) atoms. The maximum atomic E-state index is 6.42. The third kappa shape index (κ3) is 6.60. The molecule has 0 amide bonds. The second-order valence-corrected chi connectivity index (χ2v) is 22.6. The maximum absolute atomic E-state index is 6.81. The first-order valence-corrected chi connectivity index (χ1v) is 25.4. The summed E-state index contributed by atoms with van der Waals surface area (Å²) in [6.45, 7) is 3.23. The van der Waals surface area contributed by atoms with Gasteiger partial charge in [0, 0.05) is 23.6 Å². The first kappa shape index (κ1) is 45.0. The number of halogens is 12. The second-order valence-electron chi connectivity index (χ2n) is 14.7. The van der Waals surface area contributed by atoms with E-state index < -0.39 is 7.31 Å². The van der Waals surface area contributed by atoms with Crippen LogP contribution in [0.5, 0.6) is 34.5 Å². The van der Waals surface area contributed by atoms with Crippen LogP contribution in [0.1, 0.15) is 29.7 Å². The molecule has 0 saturated heterocycles. The minimum atomic E-state index is -6.81. The fourth-order valence-electron chi connectivity index (χ4n) is 7.90. The summed E-state index contributed by atoms with van der Waals surface area (Å²) < 4.78 is 39.3. The molecule has 0 N–H and O–H groups in total. The van der Waals surface area contributed by atoms with E-state index in [0.29, 0.717) is 0 Å². The number of nitrogens with zero attached hydrogens (tertiary/aromatic N) is 1. The molecule has 0 bridgehead atoms. The second kappa shape index (κ2) is 15.6. The molecule has 7 nitrogen and oxygen atoms in total. The predicted octanol–water partition coefficient (Wildman–Crippen LogP) is 19.0. The Kier molecular flexibility index (Phi) is 11.0. The standard InChI is InChI=1S/C26H22N.C18Cl12O6P/c1-19(23-16-8-12-20-9-2-5-13-24(20)23)27-17-21-10-3-6-14-25(21)26-15-7-4-11-22(26)18-27;19-1-2(20)8(26)14-13(7(1)25)31-37(32-14,33-15-9(27)3(21)4(22)10(28)16(15)34-37)35-17-11(29)5(23)6(24)12(30)18(17)36-37/h2-17,19H,18H2,1H3;/q+1;-1/t19-;/m0./s1. The number of benzene rings is 7. The summed E-state index contributed by atoms with van der Waals surface area (Å²) in [4.78, 5) is 0. The van der Waals surface area contributed by atoms with Crippen LogP contribution in [-0.2, 0) is 6.54 Å². The number of rotatable bonds is 2. The van der Waals surface area contributed by atoms with E-state index in [4.69, 9.17) is 166 Å². The van der Waals surface area contributed by atoms with Crippen LogP contribution in [0, 0.1) is 0 Å². The average Bonchev–Trinajstić information content (AvgIpc) is 3.87. The number of fused-ring (bicyclic) bond motifs is 7. The Morgan fingerprint density at radius 1 is 0.422 bits per heavy atom. The van der Waals surface area contributed by atoms with Crippen molar-refractivity contribution in [1.29, 1.82) is 0 Å². The zero-order valence-corrected chi connectivity index (χ0v) is 41.9. The Labute approximate surface area is 424 Å². The Morgan fingerprint density at radius 2 is 0.797 bits per heavy atom. The van der Waals surface area contributed by atoms with Gasteiger partial charge in [-0.2, -0.15) is 0 Å². The van der Waals surface area contributed by atoms with Crippen molar-refractivity contribution >= 4 is 164 Å². The summed E-state index contributed by atoms with van der Waals surface area (Å²) in [5, 5.41) is -0.276. The van der Waals surface area contributed by atoms with Crippen LogP contribution in [0.2, 0.25) is 60.3 Å². The fourth-order valence-corrected chi connectivity index (χ4v) is 14.7. The molecule has 7 aromatic carbocycles. The molecule has 4 heterocycles. The Bertz CT molecular complexity index is 2960. The molecule has 0 saturated carbocycles. The molecule has 20 heteroatoms. The van der Waals surface area contributed by atoms with Gasteiger partial charge in [0.25, 0.3) is 0 Å². The van der Waals surface area contributed by atoms with Gasteiger partial charge in [0.2, 0.25) is 0 Å². The molecule has 1 atom stereocenters. The molecular weight excluding hydrogens is 1090 g/mol. The van der Waals surface area contributed by atoms with E-state index in [1.165, 1.54) is 38.6 Å². The summed E-state index contributed by atoms with van der Waals surface area (Å²) in [5.41, 5.74) is 6.71. The van der Waals surface area contributed by atoms with Gasteiger partial charge in [-0.05, 0) is 28.0 Å². The Morgan fingerprint density at radius 3 is 1.27 bits per heavy atom. The van der Waals surface area contributed by atoms with Gasteiger partial charge < -0.3 is 0 Å². The quantitative estimate of drug-likeness (QED) is 0.0744. The van der Waals surface area contributed by atoms with E-state index in [0.717, 1.165) is 6.54 Å². The number of hydrogen-bond acceptors (Lipinski definition) is 6. The van der Waals surface area contributed by atoms with Gasteiger partial charge in [0.1, 0.15) is 0 Å². The van der Waals surface area contributed by atoms with Crippen molar-refractivity contribution in [3.05, 3.63) is 168 Å². The predicted molar refractivity (Wildman–Crippen MR) is 264 cm³/mol. The normalized spacial score (nSPS) is 17.5. The molecular formula is C44H22Cl12NO6P. The van der Waals surface area contributed by atoms with Gasteiger partial charge in [0.05, 0.1) is 0 Å². The van der Waals surface area contributed by atoms with E-state index in [1.54, 1.807) is 0 Å². The van der Waals surface area contributed by atoms with Gasteiger partial charge in [-0.15, -0.1) is 0 Å². The molecule has 7 aromatic rings. The van der Waals surface area contributed by atoms with Crippen molar-refractivity contribution in [2.45, 2.75) is 19.5 Å². The van der Waals surface area contributed by atoms with E-state index in [2.05, 4.69) is 109 Å². The van der Waals surface area contributed by atoms with Crippen molar-refractivity contribution in [2.24, 2.45) is 0 Å². The van der Waals surface area contributed by atoms with E-state index >= 15 is 0 Å². The Hall–Kier alpha value is -2.82. The molecule has 4 aliphatic rings. The van der Waals surface area contributed by atoms with Crippen LogP contribution in [0.25, 0.3) is 21.9 Å². The fraction of sp³-hybridized carbons (Fsp3) is 0.0682. The van der Waals surface area contributed by atoms with E-state index in [1.807, 2.05) is 0 Å². The summed E-state index contributed by atoms with van der Waals surface area (Å²) in [6, 6.07) is 33.1. The molecule has 4 aliphatic heterocycles. The average molecular weight is 1120 g/mol. The monoisotopic (exact) mass is 1110 g/mol. The molecule has 0 radical (unpaired) electrons. The van der Waals surface area contributed by atoms with Crippen molar-refractivity contribution < 1.29 is 31.7 Å². The summed E-state index contributed by atoms with van der Waals surface area (Å²) in [6.07, 6.45) is 2.34. The van der Waals surface area contributed by atoms with Crippen molar-refractivity contribution in [3.63, 3.8) is 0 Å². The SMILES string of the molecule is C[C@@H](c1cccc2ccccc12)[N+]1=Cc2ccccc2-c2ccccc2C1.Clc1c(Cl)c(Cl)c2c(c1Cl)O[P-]13(O2)(Oc2c(Cl)c(Cl)c(Cl)c(Cl)c2O1)Oc1c(Cl)c(Cl)c(Cl)c(Cl)c1O3. The van der Waals surface area contributed by atoms with Crippen LogP contribution < -0.4 is 27.1 Å². The van der Waals surface area contributed by atoms with Crippen molar-refractivity contribution in [2.75, 3.05) is 0 Å². The molecule has 0 aliphatic carbocycles. The van der Waals surface area contributed by atoms with Gasteiger partial charge in [-0.25, -0.2) is 4.58 Å². The summed E-state index contributed by atoms with van der Waals surface area (Å²) in [7, 11) is -6.81. The topological polar surface area (TPSA) is 58.4 Å². The van der Waals surface area contributed by atoms with Crippen LogP contribution in [0.4, 0.5) is 0 Å². The summed E-state index contributed by atoms with van der Waals surface area (Å²) >= 11 is 75.9. The minimum absolute atomic E-state index is 0.205.